The molecule has 0 aromatic heterocycles. The molecule has 4 heteroatoms. The minimum atomic E-state index is -0.174. The molecule has 0 spiro atoms. The molecule has 17 heavy (non-hydrogen) atoms. The maximum absolute atomic E-state index is 11.8. The fourth-order valence-corrected chi connectivity index (χ4v) is 2.53. The smallest absolute Gasteiger partial charge is 0.229 e. The van der Waals surface area contributed by atoms with Gasteiger partial charge in [0.2, 0.25) is 11.8 Å². The largest absolute Gasteiger partial charge is 0.283 e. The molecular formula is C13H14ClNO2. The van der Waals surface area contributed by atoms with Crippen molar-refractivity contribution in [2.45, 2.75) is 25.7 Å². The third kappa shape index (κ3) is 2.50. The van der Waals surface area contributed by atoms with Crippen LogP contribution in [0.15, 0.2) is 24.3 Å². The molecule has 0 radical (unpaired) electrons. The van der Waals surface area contributed by atoms with Crippen LogP contribution in [0, 0.1) is 0 Å². The van der Waals surface area contributed by atoms with Crippen LogP contribution >= 0.6 is 11.6 Å². The van der Waals surface area contributed by atoms with Gasteiger partial charge in [0, 0.05) is 24.9 Å². The molecule has 0 bridgehead atoms. The van der Waals surface area contributed by atoms with Gasteiger partial charge in [-0.1, -0.05) is 29.8 Å². The second kappa shape index (κ2) is 4.88. The van der Waals surface area contributed by atoms with E-state index in [0.29, 0.717) is 18.0 Å². The van der Waals surface area contributed by atoms with Crippen molar-refractivity contribution in [3.8, 4) is 0 Å². The number of rotatable bonds is 1. The standard InChI is InChI=1S/C13H14ClNO2/c1-9(16)15-7-6-10(8-13(15)17)11-4-2-3-5-12(11)14/h2-5,10H,6-8H2,1H3. The van der Waals surface area contributed by atoms with Gasteiger partial charge < -0.3 is 0 Å². The number of nitrogens with zero attached hydrogens (tertiary/aromatic N) is 1. The minimum absolute atomic E-state index is 0.103. The summed E-state index contributed by atoms with van der Waals surface area (Å²) in [5.74, 6) is -0.145. The molecule has 1 aliphatic heterocycles. The first-order valence-electron chi connectivity index (χ1n) is 5.65. The van der Waals surface area contributed by atoms with Gasteiger partial charge in [0.1, 0.15) is 0 Å². The Morgan fingerprint density at radius 2 is 2.12 bits per heavy atom. The van der Waals surface area contributed by atoms with Crippen LogP contribution in [-0.4, -0.2) is 23.3 Å². The summed E-state index contributed by atoms with van der Waals surface area (Å²) in [6.45, 7) is 1.91. The molecule has 1 atom stereocenters. The fraction of sp³-hybridized carbons (Fsp3) is 0.385. The number of piperidine rings is 1. The van der Waals surface area contributed by atoms with E-state index in [1.165, 1.54) is 11.8 Å². The first kappa shape index (κ1) is 12.1. The minimum Gasteiger partial charge on any atom is -0.283 e. The van der Waals surface area contributed by atoms with Crippen LogP contribution in [0.1, 0.15) is 31.2 Å². The topological polar surface area (TPSA) is 37.4 Å². The Morgan fingerprint density at radius 3 is 2.71 bits per heavy atom. The number of imide groups is 1. The Labute approximate surface area is 105 Å². The first-order chi connectivity index (χ1) is 8.09. The molecule has 1 heterocycles. The van der Waals surface area contributed by atoms with E-state index >= 15 is 0 Å². The number of amides is 2. The molecule has 0 saturated carbocycles. The lowest BCUT2D eigenvalue weighted by Gasteiger charge is -2.30. The molecule has 1 unspecified atom stereocenters. The Balaban J connectivity index is 2.15. The number of carbonyl (C=O) groups is 2. The van der Waals surface area contributed by atoms with E-state index in [1.807, 2.05) is 24.3 Å². The van der Waals surface area contributed by atoms with Gasteiger partial charge in [-0.15, -0.1) is 0 Å². The molecule has 0 aliphatic carbocycles. The summed E-state index contributed by atoms with van der Waals surface area (Å²) in [6.07, 6.45) is 1.15. The third-order valence-corrected chi connectivity index (χ3v) is 3.49. The molecule has 1 saturated heterocycles. The Kier molecular flexibility index (Phi) is 3.48. The van der Waals surface area contributed by atoms with Crippen molar-refractivity contribution in [3.05, 3.63) is 34.9 Å². The molecule has 1 fully saturated rings. The average molecular weight is 252 g/mol. The van der Waals surface area contributed by atoms with Crippen molar-refractivity contribution >= 4 is 23.4 Å². The van der Waals surface area contributed by atoms with Gasteiger partial charge in [0.15, 0.2) is 0 Å². The fourth-order valence-electron chi connectivity index (χ4n) is 2.24. The number of likely N-dealkylation sites (tertiary alicyclic amines) is 1. The lowest BCUT2D eigenvalue weighted by molar-refractivity contribution is -0.145. The summed E-state index contributed by atoms with van der Waals surface area (Å²) in [4.78, 5) is 24.3. The SMILES string of the molecule is CC(=O)N1CCC(c2ccccc2Cl)CC1=O. The number of carbonyl (C=O) groups excluding carboxylic acids is 2. The molecule has 90 valence electrons. The highest BCUT2D eigenvalue weighted by Gasteiger charge is 2.29. The molecule has 0 N–H and O–H groups in total. The normalized spacial score (nSPS) is 20.5. The number of hydrogen-bond donors (Lipinski definition) is 0. The number of hydrogen-bond acceptors (Lipinski definition) is 2. The summed E-state index contributed by atoms with van der Waals surface area (Å²) in [5, 5.41) is 0.696. The van der Waals surface area contributed by atoms with Gasteiger partial charge in [-0.2, -0.15) is 0 Å². The van der Waals surface area contributed by atoms with Crippen LogP contribution in [0.5, 0.6) is 0 Å². The maximum Gasteiger partial charge on any atom is 0.229 e. The van der Waals surface area contributed by atoms with E-state index in [4.69, 9.17) is 11.6 Å². The molecule has 3 nitrogen and oxygen atoms in total. The van der Waals surface area contributed by atoms with Gasteiger partial charge in [-0.3, -0.25) is 14.5 Å². The monoisotopic (exact) mass is 251 g/mol. The van der Waals surface area contributed by atoms with Crippen molar-refractivity contribution in [3.63, 3.8) is 0 Å². The van der Waals surface area contributed by atoms with Crippen LogP contribution in [-0.2, 0) is 9.59 Å². The predicted octanol–water partition coefficient (Wildman–Crippen LogP) is 2.59. The van der Waals surface area contributed by atoms with E-state index in [-0.39, 0.29) is 17.7 Å². The molecular weight excluding hydrogens is 238 g/mol. The van der Waals surface area contributed by atoms with Crippen molar-refractivity contribution in [1.29, 1.82) is 0 Å². The zero-order chi connectivity index (χ0) is 12.4. The molecule has 2 amide bonds. The Bertz CT molecular complexity index is 458. The van der Waals surface area contributed by atoms with E-state index in [0.717, 1.165) is 12.0 Å². The molecule has 1 aromatic rings. The van der Waals surface area contributed by atoms with Gasteiger partial charge in [-0.25, -0.2) is 0 Å². The van der Waals surface area contributed by atoms with Crippen LogP contribution in [0.3, 0.4) is 0 Å². The van der Waals surface area contributed by atoms with Crippen molar-refractivity contribution in [1.82, 2.24) is 4.90 Å². The quantitative estimate of drug-likeness (QED) is 0.769. The Morgan fingerprint density at radius 1 is 1.41 bits per heavy atom. The van der Waals surface area contributed by atoms with E-state index in [2.05, 4.69) is 0 Å². The zero-order valence-corrected chi connectivity index (χ0v) is 10.4. The van der Waals surface area contributed by atoms with Gasteiger partial charge in [0.05, 0.1) is 0 Å². The van der Waals surface area contributed by atoms with Crippen molar-refractivity contribution in [2.24, 2.45) is 0 Å². The highest BCUT2D eigenvalue weighted by atomic mass is 35.5. The van der Waals surface area contributed by atoms with Gasteiger partial charge in [-0.05, 0) is 24.0 Å². The van der Waals surface area contributed by atoms with Gasteiger partial charge in [0.25, 0.3) is 0 Å². The number of halogens is 1. The third-order valence-electron chi connectivity index (χ3n) is 3.15. The highest BCUT2D eigenvalue weighted by molar-refractivity contribution is 6.31. The second-order valence-corrected chi connectivity index (χ2v) is 4.68. The maximum atomic E-state index is 11.8. The lowest BCUT2D eigenvalue weighted by Crippen LogP contribution is -2.41. The van der Waals surface area contributed by atoms with E-state index in [9.17, 15) is 9.59 Å². The van der Waals surface area contributed by atoms with Crippen LogP contribution in [0.2, 0.25) is 5.02 Å². The van der Waals surface area contributed by atoms with Crippen LogP contribution < -0.4 is 0 Å². The summed E-state index contributed by atoms with van der Waals surface area (Å²) < 4.78 is 0. The summed E-state index contributed by atoms with van der Waals surface area (Å²) >= 11 is 6.11. The second-order valence-electron chi connectivity index (χ2n) is 4.28. The summed E-state index contributed by atoms with van der Waals surface area (Å²) in [7, 11) is 0. The first-order valence-corrected chi connectivity index (χ1v) is 6.02. The Hall–Kier alpha value is -1.35. The van der Waals surface area contributed by atoms with E-state index in [1.54, 1.807) is 0 Å². The molecule has 2 rings (SSSR count). The van der Waals surface area contributed by atoms with E-state index < -0.39 is 0 Å². The highest BCUT2D eigenvalue weighted by Crippen LogP contribution is 2.33. The molecule has 1 aliphatic rings. The van der Waals surface area contributed by atoms with Crippen LogP contribution in [0.4, 0.5) is 0 Å². The van der Waals surface area contributed by atoms with Gasteiger partial charge >= 0.3 is 0 Å². The van der Waals surface area contributed by atoms with Crippen molar-refractivity contribution < 1.29 is 9.59 Å². The van der Waals surface area contributed by atoms with Crippen LogP contribution in [0.25, 0.3) is 0 Å². The average Bonchev–Trinajstić information content (AvgIpc) is 2.29. The summed E-state index contributed by atoms with van der Waals surface area (Å²) in [5.41, 5.74) is 1.01. The zero-order valence-electron chi connectivity index (χ0n) is 9.65. The summed E-state index contributed by atoms with van der Waals surface area (Å²) in [6, 6.07) is 7.57. The molecule has 1 aromatic carbocycles. The van der Waals surface area contributed by atoms with Crippen molar-refractivity contribution in [2.75, 3.05) is 6.54 Å². The number of benzene rings is 1. The predicted molar refractivity (Wildman–Crippen MR) is 65.8 cm³/mol. The lowest BCUT2D eigenvalue weighted by atomic mass is 9.89.